The van der Waals surface area contributed by atoms with Crippen LogP contribution < -0.4 is 17.2 Å². The maximum atomic E-state index is 12.7. The molecule has 9 nitrogen and oxygen atoms in total. The summed E-state index contributed by atoms with van der Waals surface area (Å²) in [6.45, 7) is 1.20. The molecule has 9 heteroatoms. The molecular formula is C27H29N3O6. The molecule has 0 aliphatic carbocycles. The molecule has 0 amide bonds. The number of nitrogens with two attached hydrogens (primary N) is 3. The normalized spacial score (nSPS) is 10.9. The van der Waals surface area contributed by atoms with Crippen LogP contribution in [0, 0.1) is 5.41 Å². The molecule has 0 radical (unpaired) electrons. The van der Waals surface area contributed by atoms with E-state index in [0.717, 1.165) is 0 Å². The lowest BCUT2D eigenvalue weighted by molar-refractivity contribution is -0.0380. The molecular weight excluding hydrogens is 462 g/mol. The predicted octanol–water partition coefficient (Wildman–Crippen LogP) is 3.70. The van der Waals surface area contributed by atoms with E-state index < -0.39 is 23.3 Å². The topological polar surface area (TPSA) is 157 Å². The average Bonchev–Trinajstić information content (AvgIpc) is 2.89. The third-order valence-corrected chi connectivity index (χ3v) is 5.82. The van der Waals surface area contributed by atoms with Crippen LogP contribution >= 0.6 is 0 Å². The second kappa shape index (κ2) is 11.7. The number of hydrogen-bond donors (Lipinski definition) is 3. The summed E-state index contributed by atoms with van der Waals surface area (Å²) in [7, 11) is 0. The van der Waals surface area contributed by atoms with E-state index in [1.165, 1.54) is 0 Å². The van der Waals surface area contributed by atoms with Crippen LogP contribution in [0.1, 0.15) is 44.4 Å². The van der Waals surface area contributed by atoms with E-state index in [1.54, 1.807) is 79.7 Å². The zero-order valence-corrected chi connectivity index (χ0v) is 19.9. The summed E-state index contributed by atoms with van der Waals surface area (Å²) >= 11 is 0. The highest BCUT2D eigenvalue weighted by Crippen LogP contribution is 2.27. The van der Waals surface area contributed by atoms with E-state index in [1.807, 2.05) is 0 Å². The van der Waals surface area contributed by atoms with Gasteiger partial charge in [-0.3, -0.25) is 0 Å². The van der Waals surface area contributed by atoms with Crippen LogP contribution in [0.2, 0.25) is 0 Å². The number of nitrogen functional groups attached to an aromatic ring is 3. The van der Waals surface area contributed by atoms with Gasteiger partial charge in [-0.25, -0.2) is 14.4 Å². The largest absolute Gasteiger partial charge is 0.461 e. The van der Waals surface area contributed by atoms with Gasteiger partial charge in [0.2, 0.25) is 0 Å². The number of anilines is 3. The number of carbonyl (C=O) groups excluding carboxylic acids is 3. The number of hydrogen-bond acceptors (Lipinski definition) is 9. The number of ether oxygens (including phenoxy) is 3. The number of rotatable bonds is 10. The van der Waals surface area contributed by atoms with Crippen molar-refractivity contribution in [2.45, 2.75) is 13.3 Å². The summed E-state index contributed by atoms with van der Waals surface area (Å²) < 4.78 is 16.6. The van der Waals surface area contributed by atoms with Crippen molar-refractivity contribution in [1.29, 1.82) is 0 Å². The van der Waals surface area contributed by atoms with Gasteiger partial charge in [-0.15, -0.1) is 0 Å². The molecule has 0 saturated heterocycles. The van der Waals surface area contributed by atoms with E-state index in [4.69, 9.17) is 31.4 Å². The number of para-hydroxylation sites is 3. The Morgan fingerprint density at radius 1 is 0.583 bits per heavy atom. The Balaban J connectivity index is 1.78. The van der Waals surface area contributed by atoms with Crippen LogP contribution in [-0.4, -0.2) is 37.7 Å². The second-order valence-electron chi connectivity index (χ2n) is 8.34. The number of benzene rings is 3. The molecule has 3 aromatic rings. The highest BCUT2D eigenvalue weighted by Gasteiger charge is 2.35. The van der Waals surface area contributed by atoms with Gasteiger partial charge in [0.1, 0.15) is 19.8 Å². The van der Waals surface area contributed by atoms with E-state index in [9.17, 15) is 14.4 Å². The van der Waals surface area contributed by atoms with E-state index in [2.05, 4.69) is 0 Å². The molecule has 0 unspecified atom stereocenters. The average molecular weight is 492 g/mol. The molecule has 36 heavy (non-hydrogen) atoms. The summed E-state index contributed by atoms with van der Waals surface area (Å²) in [6.07, 6.45) is 0.347. The van der Waals surface area contributed by atoms with Crippen LogP contribution in [0.4, 0.5) is 17.1 Å². The molecule has 0 aliphatic heterocycles. The molecule has 0 aliphatic rings. The highest BCUT2D eigenvalue weighted by molar-refractivity contribution is 5.96. The van der Waals surface area contributed by atoms with Gasteiger partial charge in [0.15, 0.2) is 0 Å². The Kier molecular flexibility index (Phi) is 8.51. The van der Waals surface area contributed by atoms with Gasteiger partial charge in [0.25, 0.3) is 0 Å². The maximum absolute atomic E-state index is 12.7. The van der Waals surface area contributed by atoms with Crippen LogP contribution in [0.3, 0.4) is 0 Å². The van der Waals surface area contributed by atoms with Crippen molar-refractivity contribution >= 4 is 35.0 Å². The molecule has 6 N–H and O–H groups in total. The monoisotopic (exact) mass is 491 g/mol. The highest BCUT2D eigenvalue weighted by atomic mass is 16.6. The van der Waals surface area contributed by atoms with Crippen molar-refractivity contribution in [2.24, 2.45) is 5.41 Å². The first-order valence-corrected chi connectivity index (χ1v) is 11.3. The van der Waals surface area contributed by atoms with Gasteiger partial charge in [-0.1, -0.05) is 43.3 Å². The Morgan fingerprint density at radius 3 is 1.11 bits per heavy atom. The zero-order chi connectivity index (χ0) is 26.1. The lowest BCUT2D eigenvalue weighted by atomic mass is 9.88. The van der Waals surface area contributed by atoms with Gasteiger partial charge in [-0.05, 0) is 42.8 Å². The zero-order valence-electron chi connectivity index (χ0n) is 19.9. The molecule has 0 atom stereocenters. The molecule has 0 spiro atoms. The molecule has 0 saturated carbocycles. The molecule has 0 heterocycles. The minimum Gasteiger partial charge on any atom is -0.461 e. The molecule has 0 aromatic heterocycles. The Hall–Kier alpha value is -4.53. The van der Waals surface area contributed by atoms with Crippen molar-refractivity contribution < 1.29 is 28.6 Å². The summed E-state index contributed by atoms with van der Waals surface area (Å²) in [5.74, 6) is -1.95. The molecule has 188 valence electrons. The fourth-order valence-electron chi connectivity index (χ4n) is 3.37. The summed E-state index contributed by atoms with van der Waals surface area (Å²) in [5, 5.41) is 0. The van der Waals surface area contributed by atoms with Gasteiger partial charge >= 0.3 is 17.9 Å². The van der Waals surface area contributed by atoms with E-state index >= 15 is 0 Å². The van der Waals surface area contributed by atoms with Crippen molar-refractivity contribution in [3.8, 4) is 0 Å². The summed E-state index contributed by atoms with van der Waals surface area (Å²) in [4.78, 5) is 38.1. The standard InChI is InChI=1S/C27H29N3O6/c1-2-27(15-34-24(31)18-9-3-6-12-21(18)28,16-35-25(32)19-10-4-7-13-22(19)29)17-36-26(33)20-11-5-8-14-23(20)30/h3-14H,2,15-17,28-30H2,1H3. The third-order valence-electron chi connectivity index (χ3n) is 5.82. The maximum Gasteiger partial charge on any atom is 0.340 e. The number of carbonyl (C=O) groups is 3. The lowest BCUT2D eigenvalue weighted by Crippen LogP contribution is -2.39. The first kappa shape index (κ1) is 26.1. The first-order valence-electron chi connectivity index (χ1n) is 11.3. The van der Waals surface area contributed by atoms with E-state index in [0.29, 0.717) is 6.42 Å². The fourth-order valence-corrected chi connectivity index (χ4v) is 3.37. The molecule has 3 rings (SSSR count). The summed E-state index contributed by atoms with van der Waals surface area (Å²) in [5.41, 5.74) is 18.0. The molecule has 0 fully saturated rings. The minimum absolute atomic E-state index is 0.200. The smallest absolute Gasteiger partial charge is 0.340 e. The van der Waals surface area contributed by atoms with Crippen molar-refractivity contribution in [3.05, 3.63) is 89.5 Å². The quantitative estimate of drug-likeness (QED) is 0.218. The Labute approximate surface area is 209 Å². The van der Waals surface area contributed by atoms with Gasteiger partial charge in [-0.2, -0.15) is 0 Å². The van der Waals surface area contributed by atoms with Crippen LogP contribution in [0.5, 0.6) is 0 Å². The SMILES string of the molecule is CCC(COC(=O)c1ccccc1N)(COC(=O)c1ccccc1N)COC(=O)c1ccccc1N. The predicted molar refractivity (Wildman–Crippen MR) is 136 cm³/mol. The second-order valence-corrected chi connectivity index (χ2v) is 8.34. The van der Waals surface area contributed by atoms with Crippen LogP contribution in [0.25, 0.3) is 0 Å². The number of esters is 3. The van der Waals surface area contributed by atoms with Crippen LogP contribution in [-0.2, 0) is 14.2 Å². The van der Waals surface area contributed by atoms with Crippen LogP contribution in [0.15, 0.2) is 72.8 Å². The van der Waals surface area contributed by atoms with Gasteiger partial charge < -0.3 is 31.4 Å². The van der Waals surface area contributed by atoms with Crippen molar-refractivity contribution in [1.82, 2.24) is 0 Å². The summed E-state index contributed by atoms with van der Waals surface area (Å²) in [6, 6.07) is 19.5. The van der Waals surface area contributed by atoms with Crippen molar-refractivity contribution in [3.63, 3.8) is 0 Å². The molecule has 3 aromatic carbocycles. The fraction of sp³-hybridized carbons (Fsp3) is 0.222. The molecule has 0 bridgehead atoms. The van der Waals surface area contributed by atoms with Gasteiger partial charge in [0.05, 0.1) is 22.1 Å². The lowest BCUT2D eigenvalue weighted by Gasteiger charge is -2.31. The van der Waals surface area contributed by atoms with Crippen molar-refractivity contribution in [2.75, 3.05) is 37.0 Å². The Morgan fingerprint density at radius 2 is 0.861 bits per heavy atom. The third kappa shape index (κ3) is 6.32. The Bertz CT molecular complexity index is 1090. The minimum atomic E-state index is -1.04. The first-order chi connectivity index (χ1) is 17.3. The van der Waals surface area contributed by atoms with Gasteiger partial charge in [0, 0.05) is 17.1 Å². The van der Waals surface area contributed by atoms with E-state index in [-0.39, 0.29) is 53.6 Å².